The maximum atomic E-state index is 12.1. The highest BCUT2D eigenvalue weighted by Gasteiger charge is 2.33. The van der Waals surface area contributed by atoms with Gasteiger partial charge < -0.3 is 23.5 Å². The van der Waals surface area contributed by atoms with Crippen LogP contribution in [0.1, 0.15) is 25.7 Å². The van der Waals surface area contributed by atoms with E-state index in [-0.39, 0.29) is 24.9 Å². The molecule has 1 heterocycles. The van der Waals surface area contributed by atoms with Gasteiger partial charge in [0, 0.05) is 18.1 Å². The van der Waals surface area contributed by atoms with Gasteiger partial charge in [0.05, 0.1) is 25.4 Å². The quantitative estimate of drug-likeness (QED) is 0.294. The van der Waals surface area contributed by atoms with Gasteiger partial charge in [0.25, 0.3) is 0 Å². The highest BCUT2D eigenvalue weighted by atomic mass is 32.2. The van der Waals surface area contributed by atoms with Crippen molar-refractivity contribution >= 4 is 34.4 Å². The molecule has 1 aliphatic carbocycles. The summed E-state index contributed by atoms with van der Waals surface area (Å²) in [4.78, 5) is 25.7. The van der Waals surface area contributed by atoms with Crippen LogP contribution < -0.4 is 19.7 Å². The molecule has 12 heteroatoms. The number of likely N-dealkylation sites (N-methyl/N-ethyl adjacent to an activating group) is 1. The summed E-state index contributed by atoms with van der Waals surface area (Å²) in [6, 6.07) is 14.1. The highest BCUT2D eigenvalue weighted by Crippen LogP contribution is 2.26. The summed E-state index contributed by atoms with van der Waals surface area (Å²) >= 11 is 0. The lowest BCUT2D eigenvalue weighted by atomic mass is 9.78. The molecule has 0 amide bonds. The van der Waals surface area contributed by atoms with Crippen molar-refractivity contribution in [3.63, 3.8) is 0 Å². The molecular formula is C31H36BNO9S. The minimum atomic E-state index is -3.00. The van der Waals surface area contributed by atoms with Crippen molar-refractivity contribution in [1.82, 2.24) is 4.90 Å². The van der Waals surface area contributed by atoms with E-state index in [4.69, 9.17) is 23.5 Å². The fraction of sp³-hybridized carbons (Fsp3) is 0.355. The number of benzene rings is 2. The monoisotopic (exact) mass is 609 g/mol. The van der Waals surface area contributed by atoms with Crippen molar-refractivity contribution in [2.45, 2.75) is 31.8 Å². The Bertz CT molecular complexity index is 1430. The summed E-state index contributed by atoms with van der Waals surface area (Å²) in [5.74, 6) is 1.70. The topological polar surface area (TPSA) is 118 Å². The summed E-state index contributed by atoms with van der Waals surface area (Å²) in [5, 5.41) is 0. The molecule has 1 aliphatic heterocycles. The Morgan fingerprint density at radius 3 is 2.26 bits per heavy atom. The summed E-state index contributed by atoms with van der Waals surface area (Å²) in [6.45, 7) is 4.55. The maximum absolute atomic E-state index is 12.1. The van der Waals surface area contributed by atoms with Gasteiger partial charge in [-0.05, 0) is 74.4 Å². The molecule has 0 radical (unpaired) electrons. The van der Waals surface area contributed by atoms with E-state index in [2.05, 4.69) is 6.58 Å². The van der Waals surface area contributed by atoms with Gasteiger partial charge in [-0.15, -0.1) is 0 Å². The average molecular weight is 610 g/mol. The summed E-state index contributed by atoms with van der Waals surface area (Å²) in [5.41, 5.74) is 1.37. The smallest absolute Gasteiger partial charge is 0.494 e. The fourth-order valence-corrected chi connectivity index (χ4v) is 5.04. The molecule has 0 bridgehead atoms. The zero-order chi connectivity index (χ0) is 30.8. The number of allylic oxidation sites excluding steroid dienone is 3. The van der Waals surface area contributed by atoms with E-state index in [9.17, 15) is 18.0 Å². The van der Waals surface area contributed by atoms with Crippen molar-refractivity contribution in [3.8, 4) is 17.2 Å². The van der Waals surface area contributed by atoms with Crippen LogP contribution in [0.5, 0.6) is 17.2 Å². The van der Waals surface area contributed by atoms with Crippen molar-refractivity contribution in [2.24, 2.45) is 0 Å². The van der Waals surface area contributed by atoms with Gasteiger partial charge in [0.15, 0.2) is 0 Å². The molecule has 1 atom stereocenters. The number of hydrogen-bond donors (Lipinski definition) is 0. The van der Waals surface area contributed by atoms with Gasteiger partial charge in [0.1, 0.15) is 38.9 Å². The van der Waals surface area contributed by atoms with Crippen LogP contribution >= 0.6 is 0 Å². The van der Waals surface area contributed by atoms with Gasteiger partial charge in [-0.3, -0.25) is 14.5 Å². The van der Waals surface area contributed by atoms with Crippen LogP contribution in [0.4, 0.5) is 0 Å². The standard InChI is InChI=1S/C31H36BNO9S/c1-23-9-12-26(39-27-13-10-24(11-14-27)32-41-30(34)21-33(2)22-31(35)42-32)7-4-5-8-29(23)40-28-17-15-25(16-18-28)38-19-6-20-43(3,36)37/h4-5,8,10-11,13-18,26H,1,6-7,9,12,19-22H2,2-3H3/b5-4-,29-8?/t26-/m0/s1. The van der Waals surface area contributed by atoms with Crippen LogP contribution in [0.2, 0.25) is 0 Å². The van der Waals surface area contributed by atoms with Gasteiger partial charge >= 0.3 is 19.1 Å². The largest absolute Gasteiger partial charge is 0.636 e. The molecule has 0 N–H and O–H groups in total. The third-order valence-corrected chi connectivity index (χ3v) is 7.64. The van der Waals surface area contributed by atoms with Crippen molar-refractivity contribution in [3.05, 3.63) is 84.7 Å². The Morgan fingerprint density at radius 2 is 1.60 bits per heavy atom. The predicted octanol–water partition coefficient (Wildman–Crippen LogP) is 3.23. The first-order chi connectivity index (χ1) is 20.5. The van der Waals surface area contributed by atoms with Crippen LogP contribution in [-0.4, -0.2) is 77.2 Å². The zero-order valence-electron chi connectivity index (χ0n) is 24.4. The molecule has 1 fully saturated rings. The Kier molecular flexibility index (Phi) is 11.1. The molecule has 0 aromatic heterocycles. The summed E-state index contributed by atoms with van der Waals surface area (Å²) in [7, 11) is -2.46. The van der Waals surface area contributed by atoms with Gasteiger partial charge in [-0.1, -0.05) is 30.9 Å². The molecule has 0 spiro atoms. The molecule has 2 aromatic rings. The third-order valence-electron chi connectivity index (χ3n) is 6.61. The van der Waals surface area contributed by atoms with Gasteiger partial charge in [-0.25, -0.2) is 8.42 Å². The van der Waals surface area contributed by atoms with E-state index < -0.39 is 28.9 Å². The van der Waals surface area contributed by atoms with Gasteiger partial charge in [0.2, 0.25) is 0 Å². The summed E-state index contributed by atoms with van der Waals surface area (Å²) in [6.07, 6.45) is 9.37. The van der Waals surface area contributed by atoms with E-state index in [1.54, 1.807) is 55.6 Å². The van der Waals surface area contributed by atoms with Crippen LogP contribution in [0.25, 0.3) is 0 Å². The van der Waals surface area contributed by atoms with Crippen LogP contribution in [-0.2, 0) is 28.7 Å². The van der Waals surface area contributed by atoms with Gasteiger partial charge in [-0.2, -0.15) is 0 Å². The van der Waals surface area contributed by atoms with Crippen molar-refractivity contribution < 1.29 is 41.5 Å². The number of carbonyl (C=O) groups excluding carboxylic acids is 2. The fourth-order valence-electron chi connectivity index (χ4n) is 4.40. The molecule has 43 heavy (non-hydrogen) atoms. The number of sulfone groups is 1. The second-order valence-electron chi connectivity index (χ2n) is 10.5. The van der Waals surface area contributed by atoms with Crippen LogP contribution in [0.3, 0.4) is 0 Å². The lowest BCUT2D eigenvalue weighted by Crippen LogP contribution is -2.47. The first kappa shape index (κ1) is 31.9. The molecule has 0 saturated carbocycles. The first-order valence-corrected chi connectivity index (χ1v) is 16.1. The molecule has 10 nitrogen and oxygen atoms in total. The number of rotatable bonds is 10. The van der Waals surface area contributed by atoms with E-state index in [1.165, 1.54) is 11.2 Å². The number of ether oxygens (including phenoxy) is 3. The molecule has 2 aliphatic rings. The van der Waals surface area contributed by atoms with E-state index in [0.717, 1.165) is 5.57 Å². The maximum Gasteiger partial charge on any atom is 0.636 e. The lowest BCUT2D eigenvalue weighted by molar-refractivity contribution is -0.145. The Morgan fingerprint density at radius 1 is 0.977 bits per heavy atom. The molecule has 228 valence electrons. The summed E-state index contributed by atoms with van der Waals surface area (Å²) < 4.78 is 51.1. The molecule has 1 saturated heterocycles. The normalized spacial score (nSPS) is 19.4. The molecular weight excluding hydrogens is 573 g/mol. The molecule has 2 aromatic carbocycles. The molecule has 4 rings (SSSR count). The Balaban J connectivity index is 1.28. The lowest BCUT2D eigenvalue weighted by Gasteiger charge is -2.23. The van der Waals surface area contributed by atoms with E-state index in [1.807, 2.05) is 18.2 Å². The highest BCUT2D eigenvalue weighted by molar-refractivity contribution is 7.90. The number of carbonyl (C=O) groups is 2. The zero-order valence-corrected chi connectivity index (χ0v) is 25.2. The minimum absolute atomic E-state index is 0.00656. The average Bonchev–Trinajstić information content (AvgIpc) is 3.02. The molecule has 0 unspecified atom stereocenters. The second kappa shape index (κ2) is 14.9. The SMILES string of the molecule is C=C1CC[C@@H](Oc2ccc(B3OC(=O)CN(C)CC(=O)O3)cc2)C/C=C\C=C1Oc1ccc(OCCCS(C)(=O)=O)cc1. The van der Waals surface area contributed by atoms with Crippen LogP contribution in [0, 0.1) is 0 Å². The Hall–Kier alpha value is -4.03. The van der Waals surface area contributed by atoms with Crippen LogP contribution in [0.15, 0.2) is 84.7 Å². The predicted molar refractivity (Wildman–Crippen MR) is 163 cm³/mol. The van der Waals surface area contributed by atoms with Crippen molar-refractivity contribution in [2.75, 3.05) is 38.8 Å². The van der Waals surface area contributed by atoms with E-state index >= 15 is 0 Å². The Labute approximate surface area is 253 Å². The third kappa shape index (κ3) is 10.6. The minimum Gasteiger partial charge on any atom is -0.494 e. The number of nitrogens with zero attached hydrogens (tertiary/aromatic N) is 1. The first-order valence-electron chi connectivity index (χ1n) is 14.0. The second-order valence-corrected chi connectivity index (χ2v) is 12.8. The van der Waals surface area contributed by atoms with E-state index in [0.29, 0.717) is 60.8 Å². The van der Waals surface area contributed by atoms with Crippen molar-refractivity contribution in [1.29, 1.82) is 0 Å². The number of hydrogen-bond acceptors (Lipinski definition) is 10.